The van der Waals surface area contributed by atoms with E-state index in [1.54, 1.807) is 49.4 Å². The Morgan fingerprint density at radius 1 is 1.14 bits per heavy atom. The summed E-state index contributed by atoms with van der Waals surface area (Å²) in [5, 5.41) is 21.1. The van der Waals surface area contributed by atoms with Gasteiger partial charge in [-0.15, -0.1) is 0 Å². The molecule has 0 bridgehead atoms. The molecule has 8 heteroatoms. The summed E-state index contributed by atoms with van der Waals surface area (Å²) >= 11 is 3.28. The van der Waals surface area contributed by atoms with Crippen LogP contribution in [0.25, 0.3) is 0 Å². The van der Waals surface area contributed by atoms with Crippen LogP contribution in [-0.4, -0.2) is 28.2 Å². The minimum atomic E-state index is -1.16. The summed E-state index contributed by atoms with van der Waals surface area (Å²) in [4.78, 5) is 35.2. The molecule has 0 aromatic heterocycles. The number of phenols is 1. The van der Waals surface area contributed by atoms with E-state index in [1.807, 2.05) is 0 Å². The molecule has 3 N–H and O–H groups in total. The van der Waals surface area contributed by atoms with Crippen molar-refractivity contribution in [2.24, 2.45) is 5.92 Å². The van der Waals surface area contributed by atoms with E-state index >= 15 is 0 Å². The fourth-order valence-electron chi connectivity index (χ4n) is 2.44. The molecular formula is C20H18BrNO6. The minimum Gasteiger partial charge on any atom is -0.508 e. The van der Waals surface area contributed by atoms with Crippen LogP contribution in [0.3, 0.4) is 0 Å². The summed E-state index contributed by atoms with van der Waals surface area (Å²) in [6.07, 6.45) is 0.202. The second kappa shape index (κ2) is 9.70. The zero-order chi connectivity index (χ0) is 20.7. The van der Waals surface area contributed by atoms with Crippen molar-refractivity contribution in [3.05, 3.63) is 76.3 Å². The van der Waals surface area contributed by atoms with E-state index in [1.165, 1.54) is 12.1 Å². The van der Waals surface area contributed by atoms with Gasteiger partial charge in [0.25, 0.3) is 5.91 Å². The van der Waals surface area contributed by atoms with Crippen molar-refractivity contribution in [2.45, 2.75) is 13.0 Å². The molecule has 2 rings (SSSR count). The predicted octanol–water partition coefficient (Wildman–Crippen LogP) is 4.04. The molecule has 0 spiro atoms. The van der Waals surface area contributed by atoms with Crippen LogP contribution < -0.4 is 5.32 Å². The number of rotatable bonds is 6. The van der Waals surface area contributed by atoms with Gasteiger partial charge in [0.05, 0.1) is 0 Å². The fourth-order valence-corrected chi connectivity index (χ4v) is 2.82. The summed E-state index contributed by atoms with van der Waals surface area (Å²) in [5.41, 5.74) is 0.541. The number of carbonyl (C=O) groups is 3. The van der Waals surface area contributed by atoms with Crippen molar-refractivity contribution in [3.63, 3.8) is 0 Å². The Labute approximate surface area is 169 Å². The number of hydrogen-bond acceptors (Lipinski definition) is 5. The lowest BCUT2D eigenvalue weighted by Gasteiger charge is -2.23. The topological polar surface area (TPSA) is 113 Å². The van der Waals surface area contributed by atoms with Crippen LogP contribution in [0.5, 0.6) is 5.75 Å². The first kappa shape index (κ1) is 21.2. The Balaban J connectivity index is 2.23. The third-order valence-electron chi connectivity index (χ3n) is 3.80. The summed E-state index contributed by atoms with van der Waals surface area (Å²) < 4.78 is 5.99. The molecule has 0 fully saturated rings. The van der Waals surface area contributed by atoms with Crippen molar-refractivity contribution in [2.75, 3.05) is 0 Å². The molecule has 2 amide bonds. The molecule has 0 radical (unpaired) electrons. The van der Waals surface area contributed by atoms with Gasteiger partial charge in [-0.2, -0.15) is 0 Å². The molecule has 146 valence electrons. The number of hydrogen-bond donors (Lipinski definition) is 3. The first-order valence-corrected chi connectivity index (χ1v) is 9.03. The number of carboxylic acids is 1. The van der Waals surface area contributed by atoms with E-state index in [0.29, 0.717) is 4.47 Å². The van der Waals surface area contributed by atoms with Gasteiger partial charge in [-0.3, -0.25) is 10.1 Å². The summed E-state index contributed by atoms with van der Waals surface area (Å²) in [5.74, 6) is -2.54. The van der Waals surface area contributed by atoms with E-state index in [0.717, 1.165) is 6.08 Å². The first-order chi connectivity index (χ1) is 13.3. The van der Waals surface area contributed by atoms with Gasteiger partial charge in [-0.25, -0.2) is 9.59 Å². The molecule has 0 unspecified atom stereocenters. The van der Waals surface area contributed by atoms with Gasteiger partial charge in [0.2, 0.25) is 0 Å². The molecule has 0 saturated carbocycles. The maximum Gasteiger partial charge on any atom is 0.414 e. The quantitative estimate of drug-likeness (QED) is 0.575. The smallest absolute Gasteiger partial charge is 0.414 e. The van der Waals surface area contributed by atoms with Gasteiger partial charge >= 0.3 is 12.1 Å². The van der Waals surface area contributed by atoms with E-state index in [9.17, 15) is 19.5 Å². The second-order valence-corrected chi connectivity index (χ2v) is 6.82. The Kier molecular flexibility index (Phi) is 7.34. The number of imide groups is 1. The molecule has 2 aromatic carbocycles. The number of phenolic OH excluding ortho intramolecular Hbond substituents is 1. The lowest BCUT2D eigenvalue weighted by Crippen LogP contribution is -2.33. The lowest BCUT2D eigenvalue weighted by molar-refractivity contribution is -0.131. The Bertz CT molecular complexity index is 897. The van der Waals surface area contributed by atoms with Crippen molar-refractivity contribution in [1.82, 2.24) is 5.32 Å². The van der Waals surface area contributed by atoms with Crippen LogP contribution in [0, 0.1) is 5.92 Å². The predicted molar refractivity (Wildman–Crippen MR) is 105 cm³/mol. The van der Waals surface area contributed by atoms with Gasteiger partial charge < -0.3 is 14.9 Å². The molecular weight excluding hydrogens is 430 g/mol. The summed E-state index contributed by atoms with van der Waals surface area (Å²) in [6, 6.07) is 12.7. The zero-order valence-corrected chi connectivity index (χ0v) is 16.4. The van der Waals surface area contributed by atoms with Crippen LogP contribution in [0.4, 0.5) is 4.79 Å². The number of halogens is 1. The van der Waals surface area contributed by atoms with Crippen LogP contribution in [0.15, 0.2) is 65.2 Å². The average Bonchev–Trinajstić information content (AvgIpc) is 2.67. The SMILES string of the molecule is C[C@H](/C=C/C(=O)O)[C@@H](OC(=O)NC(=O)c1ccccc1)c1cc(Br)ccc1O. The molecule has 0 aliphatic heterocycles. The highest BCUT2D eigenvalue weighted by Gasteiger charge is 2.26. The van der Waals surface area contributed by atoms with Gasteiger partial charge in [-0.05, 0) is 30.3 Å². The standard InChI is InChI=1S/C20H18BrNO6/c1-12(7-10-17(24)25)18(15-11-14(21)8-9-16(15)23)28-20(27)22-19(26)13-5-3-2-4-6-13/h2-12,18,23H,1H3,(H,24,25)(H,22,26,27)/b10-7+/t12-,18-/m1/s1. The van der Waals surface area contributed by atoms with Crippen molar-refractivity contribution >= 4 is 33.9 Å². The van der Waals surface area contributed by atoms with Gasteiger partial charge in [0.1, 0.15) is 11.9 Å². The van der Waals surface area contributed by atoms with E-state index in [4.69, 9.17) is 9.84 Å². The van der Waals surface area contributed by atoms with Gasteiger partial charge in [-0.1, -0.05) is 47.1 Å². The van der Waals surface area contributed by atoms with Gasteiger partial charge in [0.15, 0.2) is 0 Å². The number of aliphatic carboxylic acids is 1. The number of ether oxygens (including phenoxy) is 1. The van der Waals surface area contributed by atoms with Crippen LogP contribution in [-0.2, 0) is 9.53 Å². The number of amides is 2. The highest BCUT2D eigenvalue weighted by atomic mass is 79.9. The molecule has 28 heavy (non-hydrogen) atoms. The number of alkyl carbamates (subject to hydrolysis) is 1. The summed E-state index contributed by atoms with van der Waals surface area (Å²) in [6.45, 7) is 1.62. The molecule has 2 atom stereocenters. The molecule has 0 saturated heterocycles. The van der Waals surface area contributed by atoms with Crippen molar-refractivity contribution < 1.29 is 29.3 Å². The maximum atomic E-state index is 12.3. The molecule has 0 aliphatic carbocycles. The third kappa shape index (κ3) is 5.95. The van der Waals surface area contributed by atoms with E-state index < -0.39 is 30.0 Å². The molecule has 7 nitrogen and oxygen atoms in total. The van der Waals surface area contributed by atoms with Gasteiger partial charge in [0, 0.05) is 27.6 Å². The highest BCUT2D eigenvalue weighted by molar-refractivity contribution is 9.10. The van der Waals surface area contributed by atoms with Crippen LogP contribution in [0.2, 0.25) is 0 Å². The monoisotopic (exact) mass is 447 g/mol. The summed E-state index contributed by atoms with van der Waals surface area (Å²) in [7, 11) is 0. The average molecular weight is 448 g/mol. The Morgan fingerprint density at radius 3 is 2.46 bits per heavy atom. The Hall–Kier alpha value is -3.13. The van der Waals surface area contributed by atoms with Crippen molar-refractivity contribution in [3.8, 4) is 5.75 Å². The normalized spacial score (nSPS) is 12.9. The molecule has 2 aromatic rings. The number of carboxylic acid groups (broad SMARTS) is 1. The number of aromatic hydroxyl groups is 1. The lowest BCUT2D eigenvalue weighted by atomic mass is 9.96. The first-order valence-electron chi connectivity index (χ1n) is 8.24. The van der Waals surface area contributed by atoms with Crippen LogP contribution >= 0.6 is 15.9 Å². The van der Waals surface area contributed by atoms with Crippen LogP contribution in [0.1, 0.15) is 28.9 Å². The zero-order valence-electron chi connectivity index (χ0n) is 14.8. The fraction of sp³-hybridized carbons (Fsp3) is 0.150. The number of carbonyl (C=O) groups excluding carboxylic acids is 2. The number of nitrogens with one attached hydrogen (secondary N) is 1. The highest BCUT2D eigenvalue weighted by Crippen LogP contribution is 2.35. The number of benzene rings is 2. The van der Waals surface area contributed by atoms with E-state index in [-0.39, 0.29) is 16.9 Å². The Morgan fingerprint density at radius 2 is 1.82 bits per heavy atom. The molecule has 0 aliphatic rings. The second-order valence-electron chi connectivity index (χ2n) is 5.91. The third-order valence-corrected chi connectivity index (χ3v) is 4.29. The molecule has 0 heterocycles. The largest absolute Gasteiger partial charge is 0.508 e. The minimum absolute atomic E-state index is 0.133. The van der Waals surface area contributed by atoms with Crippen molar-refractivity contribution in [1.29, 1.82) is 0 Å². The van der Waals surface area contributed by atoms with E-state index in [2.05, 4.69) is 21.2 Å². The maximum absolute atomic E-state index is 12.3.